The molecule has 5 heteroatoms. The predicted octanol–water partition coefficient (Wildman–Crippen LogP) is 0.0493. The molecular formula is C11H16N2O3. The van der Waals surface area contributed by atoms with Crippen LogP contribution in [-0.4, -0.2) is 40.4 Å². The van der Waals surface area contributed by atoms with E-state index in [0.29, 0.717) is 13.1 Å². The zero-order valence-electron chi connectivity index (χ0n) is 8.97. The van der Waals surface area contributed by atoms with Crippen molar-refractivity contribution in [2.24, 2.45) is 0 Å². The summed E-state index contributed by atoms with van der Waals surface area (Å²) in [4.78, 5) is 14.2. The number of carboxylic acid groups (broad SMARTS) is 1. The molecule has 0 saturated heterocycles. The van der Waals surface area contributed by atoms with Gasteiger partial charge in [-0.1, -0.05) is 0 Å². The van der Waals surface area contributed by atoms with Gasteiger partial charge in [-0.25, -0.2) is 0 Å². The minimum absolute atomic E-state index is 0.220. The summed E-state index contributed by atoms with van der Waals surface area (Å²) < 4.78 is 0. The molecule has 0 aliphatic heterocycles. The summed E-state index contributed by atoms with van der Waals surface area (Å²) in [5.41, 5.74) is 1.16. The van der Waals surface area contributed by atoms with Crippen molar-refractivity contribution in [3.8, 4) is 0 Å². The quantitative estimate of drug-likeness (QED) is 0.570. The minimum atomic E-state index is -0.983. The Balaban J connectivity index is 2.10. The number of aromatic nitrogens is 1. The Morgan fingerprint density at radius 1 is 1.44 bits per heavy atom. The summed E-state index contributed by atoms with van der Waals surface area (Å²) in [6.07, 6.45) is 3.25. The number of hydrogen-bond donors (Lipinski definition) is 3. The number of nitrogens with one attached hydrogen (secondary N) is 1. The highest BCUT2D eigenvalue weighted by Crippen LogP contribution is 1.96. The smallest absolute Gasteiger partial charge is 0.306 e. The molecule has 0 radical (unpaired) electrons. The molecule has 1 heterocycles. The molecule has 16 heavy (non-hydrogen) atoms. The minimum Gasteiger partial charge on any atom is -0.481 e. The third-order valence-corrected chi connectivity index (χ3v) is 2.13. The van der Waals surface area contributed by atoms with E-state index in [-0.39, 0.29) is 6.42 Å². The molecule has 0 saturated carbocycles. The van der Waals surface area contributed by atoms with Gasteiger partial charge >= 0.3 is 5.97 Å². The van der Waals surface area contributed by atoms with Crippen LogP contribution in [0, 0.1) is 0 Å². The van der Waals surface area contributed by atoms with Gasteiger partial charge in [0.2, 0.25) is 0 Å². The molecule has 1 unspecified atom stereocenters. The van der Waals surface area contributed by atoms with Crippen molar-refractivity contribution >= 4 is 5.97 Å². The van der Waals surface area contributed by atoms with Crippen LogP contribution in [0.2, 0.25) is 0 Å². The molecule has 0 bridgehead atoms. The molecule has 1 atom stereocenters. The summed E-state index contributed by atoms with van der Waals surface area (Å²) in [7, 11) is 0. The second kappa shape index (κ2) is 6.92. The molecule has 1 rings (SSSR count). The largest absolute Gasteiger partial charge is 0.481 e. The number of rotatable bonds is 7. The van der Waals surface area contributed by atoms with E-state index in [4.69, 9.17) is 5.11 Å². The van der Waals surface area contributed by atoms with E-state index in [1.165, 1.54) is 0 Å². The first-order chi connectivity index (χ1) is 7.68. The number of aliphatic carboxylic acids is 1. The van der Waals surface area contributed by atoms with Gasteiger partial charge in [0.05, 0.1) is 12.5 Å². The van der Waals surface area contributed by atoms with Crippen LogP contribution in [0.3, 0.4) is 0 Å². The lowest BCUT2D eigenvalue weighted by atomic mass is 10.2. The fraction of sp³-hybridized carbons (Fsp3) is 0.455. The highest BCUT2D eigenvalue weighted by Gasteiger charge is 2.07. The summed E-state index contributed by atoms with van der Waals surface area (Å²) in [6, 6.07) is 3.85. The summed E-state index contributed by atoms with van der Waals surface area (Å²) in [6.45, 7) is 1.01. The molecule has 1 aromatic heterocycles. The van der Waals surface area contributed by atoms with Gasteiger partial charge in [0.25, 0.3) is 0 Å². The van der Waals surface area contributed by atoms with Gasteiger partial charge in [-0.2, -0.15) is 0 Å². The number of nitrogens with zero attached hydrogens (tertiary/aromatic N) is 1. The number of carboxylic acids is 1. The van der Waals surface area contributed by atoms with Gasteiger partial charge in [-0.05, 0) is 30.7 Å². The van der Waals surface area contributed by atoms with Gasteiger partial charge in [-0.15, -0.1) is 0 Å². The van der Waals surface area contributed by atoms with Crippen LogP contribution >= 0.6 is 0 Å². The number of aliphatic hydroxyl groups excluding tert-OH is 1. The standard InChI is InChI=1S/C11H16N2O3/c14-10(7-11(15)16)8-13-6-3-9-1-4-12-5-2-9/h1-2,4-5,10,13-14H,3,6-8H2,(H,15,16). The van der Waals surface area contributed by atoms with Crippen molar-refractivity contribution in [2.75, 3.05) is 13.1 Å². The maximum absolute atomic E-state index is 10.3. The van der Waals surface area contributed by atoms with E-state index in [1.54, 1.807) is 12.4 Å². The SMILES string of the molecule is O=C(O)CC(O)CNCCc1ccncc1. The van der Waals surface area contributed by atoms with Gasteiger partial charge in [0, 0.05) is 18.9 Å². The predicted molar refractivity (Wildman–Crippen MR) is 59.1 cm³/mol. The highest BCUT2D eigenvalue weighted by atomic mass is 16.4. The fourth-order valence-electron chi connectivity index (χ4n) is 1.32. The third-order valence-electron chi connectivity index (χ3n) is 2.13. The van der Waals surface area contributed by atoms with Gasteiger partial charge < -0.3 is 15.5 Å². The van der Waals surface area contributed by atoms with E-state index in [2.05, 4.69) is 10.3 Å². The molecule has 3 N–H and O–H groups in total. The Morgan fingerprint density at radius 2 is 2.12 bits per heavy atom. The van der Waals surface area contributed by atoms with E-state index in [0.717, 1.165) is 12.0 Å². The maximum Gasteiger partial charge on any atom is 0.306 e. The lowest BCUT2D eigenvalue weighted by Crippen LogP contribution is -2.30. The lowest BCUT2D eigenvalue weighted by molar-refractivity contribution is -0.139. The molecule has 88 valence electrons. The van der Waals surface area contributed by atoms with E-state index >= 15 is 0 Å². The average Bonchev–Trinajstić information content (AvgIpc) is 2.25. The first-order valence-electron chi connectivity index (χ1n) is 5.18. The van der Waals surface area contributed by atoms with Crippen LogP contribution in [0.1, 0.15) is 12.0 Å². The Morgan fingerprint density at radius 3 is 2.75 bits per heavy atom. The fourth-order valence-corrected chi connectivity index (χ4v) is 1.32. The van der Waals surface area contributed by atoms with Gasteiger partial charge in [-0.3, -0.25) is 9.78 Å². The normalized spacial score (nSPS) is 12.3. The monoisotopic (exact) mass is 224 g/mol. The molecular weight excluding hydrogens is 208 g/mol. The number of pyridine rings is 1. The van der Waals surface area contributed by atoms with Crippen LogP contribution in [0.4, 0.5) is 0 Å². The van der Waals surface area contributed by atoms with Crippen LogP contribution in [0.5, 0.6) is 0 Å². The second-order valence-electron chi connectivity index (χ2n) is 3.56. The summed E-state index contributed by atoms with van der Waals surface area (Å²) in [5, 5.41) is 20.7. The Bertz CT molecular complexity index is 316. The molecule has 0 aliphatic carbocycles. The third kappa shape index (κ3) is 5.43. The van der Waals surface area contributed by atoms with Crippen molar-refractivity contribution in [1.82, 2.24) is 10.3 Å². The average molecular weight is 224 g/mol. The number of hydrogen-bond acceptors (Lipinski definition) is 4. The van der Waals surface area contributed by atoms with Crippen molar-refractivity contribution in [3.05, 3.63) is 30.1 Å². The molecule has 0 aliphatic rings. The van der Waals surface area contributed by atoms with E-state index in [1.807, 2.05) is 12.1 Å². The Labute approximate surface area is 94.1 Å². The number of aliphatic hydroxyl groups is 1. The van der Waals surface area contributed by atoms with E-state index in [9.17, 15) is 9.90 Å². The molecule has 0 spiro atoms. The zero-order chi connectivity index (χ0) is 11.8. The Hall–Kier alpha value is -1.46. The molecule has 0 amide bonds. The van der Waals surface area contributed by atoms with Crippen molar-refractivity contribution < 1.29 is 15.0 Å². The molecule has 5 nitrogen and oxygen atoms in total. The molecule has 0 aromatic carbocycles. The molecule has 0 fully saturated rings. The first-order valence-corrected chi connectivity index (χ1v) is 5.18. The van der Waals surface area contributed by atoms with Crippen LogP contribution < -0.4 is 5.32 Å². The van der Waals surface area contributed by atoms with Crippen LogP contribution in [0.15, 0.2) is 24.5 Å². The van der Waals surface area contributed by atoms with Crippen LogP contribution in [0.25, 0.3) is 0 Å². The summed E-state index contributed by atoms with van der Waals surface area (Å²) in [5.74, 6) is -0.983. The highest BCUT2D eigenvalue weighted by molar-refractivity contribution is 5.67. The van der Waals surface area contributed by atoms with Crippen LogP contribution in [-0.2, 0) is 11.2 Å². The van der Waals surface area contributed by atoms with Gasteiger partial charge in [0.15, 0.2) is 0 Å². The number of carbonyl (C=O) groups is 1. The second-order valence-corrected chi connectivity index (χ2v) is 3.56. The van der Waals surface area contributed by atoms with Crippen molar-refractivity contribution in [2.45, 2.75) is 18.9 Å². The lowest BCUT2D eigenvalue weighted by Gasteiger charge is -2.09. The topological polar surface area (TPSA) is 82.5 Å². The zero-order valence-corrected chi connectivity index (χ0v) is 8.97. The van der Waals surface area contributed by atoms with E-state index < -0.39 is 12.1 Å². The first kappa shape index (κ1) is 12.6. The Kier molecular flexibility index (Phi) is 5.45. The van der Waals surface area contributed by atoms with Crippen molar-refractivity contribution in [3.63, 3.8) is 0 Å². The summed E-state index contributed by atoms with van der Waals surface area (Å²) >= 11 is 0. The van der Waals surface area contributed by atoms with Crippen molar-refractivity contribution in [1.29, 1.82) is 0 Å². The molecule has 1 aromatic rings. The maximum atomic E-state index is 10.3. The van der Waals surface area contributed by atoms with Gasteiger partial charge in [0.1, 0.15) is 0 Å².